The van der Waals surface area contributed by atoms with Crippen LogP contribution in [0.3, 0.4) is 0 Å². The molecule has 0 bridgehead atoms. The van der Waals surface area contributed by atoms with Gasteiger partial charge < -0.3 is 10.6 Å². The van der Waals surface area contributed by atoms with Crippen molar-refractivity contribution in [3.05, 3.63) is 29.8 Å². The molecule has 0 aromatic heterocycles. The lowest BCUT2D eigenvalue weighted by atomic mass is 10.0. The monoisotopic (exact) mass is 346 g/mol. The number of halogens is 1. The number of hydrogen-bond donors (Lipinski definition) is 2. The van der Waals surface area contributed by atoms with Crippen LogP contribution in [0.4, 0.5) is 5.69 Å². The molecule has 1 unspecified atom stereocenters. The van der Waals surface area contributed by atoms with Gasteiger partial charge >= 0.3 is 0 Å². The molecule has 1 fully saturated rings. The van der Waals surface area contributed by atoms with Gasteiger partial charge in [-0.25, -0.2) is 8.42 Å². The van der Waals surface area contributed by atoms with Crippen LogP contribution in [0.1, 0.15) is 24.8 Å². The molecular weight excluding hydrogens is 324 g/mol. The van der Waals surface area contributed by atoms with E-state index in [1.54, 1.807) is 24.3 Å². The Morgan fingerprint density at radius 3 is 2.82 bits per heavy atom. The number of amides is 1. The second kappa shape index (κ2) is 8.50. The Balaban J connectivity index is 0.00000242. The molecule has 1 atom stereocenters. The third-order valence-corrected chi connectivity index (χ3v) is 4.44. The molecule has 1 aliphatic rings. The lowest BCUT2D eigenvalue weighted by Gasteiger charge is -2.09. The Bertz CT molecular complexity index is 599. The van der Waals surface area contributed by atoms with Crippen LogP contribution in [0, 0.1) is 5.92 Å². The molecule has 0 radical (unpaired) electrons. The number of benzene rings is 1. The summed E-state index contributed by atoms with van der Waals surface area (Å²) < 4.78 is 22.6. The summed E-state index contributed by atoms with van der Waals surface area (Å²) in [5.74, 6) is 0.565. The first kappa shape index (κ1) is 18.9. The van der Waals surface area contributed by atoms with E-state index in [2.05, 4.69) is 10.6 Å². The molecule has 0 aliphatic carbocycles. The number of anilines is 1. The molecular formula is C15H23ClN2O3S. The maximum atomic E-state index is 11.9. The predicted octanol–water partition coefficient (Wildman–Crippen LogP) is 1.98. The summed E-state index contributed by atoms with van der Waals surface area (Å²) in [6.07, 6.45) is 3.73. The van der Waals surface area contributed by atoms with Gasteiger partial charge in [0, 0.05) is 18.4 Å². The summed E-state index contributed by atoms with van der Waals surface area (Å²) in [5, 5.41) is 6.12. The second-order valence-electron chi connectivity index (χ2n) is 5.72. The topological polar surface area (TPSA) is 75.3 Å². The number of carbonyl (C=O) groups is 1. The van der Waals surface area contributed by atoms with Gasteiger partial charge in [-0.15, -0.1) is 12.4 Å². The molecule has 7 heteroatoms. The fourth-order valence-electron chi connectivity index (χ4n) is 2.56. The Labute approximate surface area is 138 Å². The highest BCUT2D eigenvalue weighted by Gasteiger charge is 2.15. The molecule has 1 aromatic rings. The van der Waals surface area contributed by atoms with E-state index in [9.17, 15) is 13.2 Å². The number of nitrogens with one attached hydrogen (secondary N) is 2. The van der Waals surface area contributed by atoms with Crippen LogP contribution < -0.4 is 10.6 Å². The second-order valence-corrected chi connectivity index (χ2v) is 7.86. The van der Waals surface area contributed by atoms with E-state index >= 15 is 0 Å². The summed E-state index contributed by atoms with van der Waals surface area (Å²) in [5.41, 5.74) is 1.35. The number of rotatable bonds is 6. The molecule has 1 aliphatic heterocycles. The fraction of sp³-hybridized carbons (Fsp3) is 0.533. The van der Waals surface area contributed by atoms with Crippen molar-refractivity contribution in [3.63, 3.8) is 0 Å². The van der Waals surface area contributed by atoms with Gasteiger partial charge in [0.1, 0.15) is 0 Å². The Morgan fingerprint density at radius 2 is 2.18 bits per heavy atom. The van der Waals surface area contributed by atoms with E-state index in [1.165, 1.54) is 6.26 Å². The predicted molar refractivity (Wildman–Crippen MR) is 91.1 cm³/mol. The SMILES string of the molecule is CS(=O)(=O)Cc1cccc(NC(=O)CCC2CCNC2)c1.Cl. The summed E-state index contributed by atoms with van der Waals surface area (Å²) >= 11 is 0. The van der Waals surface area contributed by atoms with Crippen LogP contribution in [0.25, 0.3) is 0 Å². The van der Waals surface area contributed by atoms with Crippen molar-refractivity contribution in [1.29, 1.82) is 0 Å². The molecule has 0 saturated carbocycles. The first-order valence-corrected chi connectivity index (χ1v) is 9.26. The van der Waals surface area contributed by atoms with Gasteiger partial charge in [-0.05, 0) is 49.5 Å². The van der Waals surface area contributed by atoms with Gasteiger partial charge in [0.25, 0.3) is 0 Å². The maximum absolute atomic E-state index is 11.9. The summed E-state index contributed by atoms with van der Waals surface area (Å²) in [6, 6.07) is 7.01. The third kappa shape index (κ3) is 6.77. The zero-order chi connectivity index (χ0) is 15.3. The van der Waals surface area contributed by atoms with Crippen molar-refractivity contribution in [2.24, 2.45) is 5.92 Å². The minimum Gasteiger partial charge on any atom is -0.326 e. The van der Waals surface area contributed by atoms with Crippen LogP contribution in [0.15, 0.2) is 24.3 Å². The quantitative estimate of drug-likeness (QED) is 0.826. The van der Waals surface area contributed by atoms with E-state index in [-0.39, 0.29) is 24.1 Å². The normalized spacial score (nSPS) is 17.8. The van der Waals surface area contributed by atoms with E-state index < -0.39 is 9.84 Å². The van der Waals surface area contributed by atoms with Gasteiger partial charge in [0.15, 0.2) is 9.84 Å². The molecule has 1 aromatic carbocycles. The first-order chi connectivity index (χ1) is 9.92. The molecule has 22 heavy (non-hydrogen) atoms. The van der Waals surface area contributed by atoms with Crippen LogP contribution in [-0.4, -0.2) is 33.7 Å². The molecule has 2 rings (SSSR count). The van der Waals surface area contributed by atoms with Gasteiger partial charge in [0.2, 0.25) is 5.91 Å². The Hall–Kier alpha value is -1.11. The summed E-state index contributed by atoms with van der Waals surface area (Å²) in [4.78, 5) is 11.9. The van der Waals surface area contributed by atoms with Crippen LogP contribution in [0.2, 0.25) is 0 Å². The molecule has 1 saturated heterocycles. The molecule has 124 valence electrons. The summed E-state index contributed by atoms with van der Waals surface area (Å²) in [6.45, 7) is 2.04. The van der Waals surface area contributed by atoms with Crippen molar-refractivity contribution in [3.8, 4) is 0 Å². The van der Waals surface area contributed by atoms with E-state index in [1.807, 2.05) is 0 Å². The number of carbonyl (C=O) groups excluding carboxylic acids is 1. The highest BCUT2D eigenvalue weighted by atomic mass is 35.5. The minimum absolute atomic E-state index is 0. The van der Waals surface area contributed by atoms with Gasteiger partial charge in [-0.1, -0.05) is 12.1 Å². The molecule has 2 N–H and O–H groups in total. The Kier molecular flexibility index (Phi) is 7.32. The molecule has 1 amide bonds. The third-order valence-electron chi connectivity index (χ3n) is 3.58. The van der Waals surface area contributed by atoms with Crippen molar-refractivity contribution in [1.82, 2.24) is 5.32 Å². The van der Waals surface area contributed by atoms with Gasteiger partial charge in [-0.3, -0.25) is 4.79 Å². The zero-order valence-electron chi connectivity index (χ0n) is 12.7. The van der Waals surface area contributed by atoms with E-state index in [0.717, 1.165) is 25.9 Å². The number of hydrogen-bond acceptors (Lipinski definition) is 4. The number of sulfone groups is 1. The molecule has 5 nitrogen and oxygen atoms in total. The minimum atomic E-state index is -3.06. The Morgan fingerprint density at radius 1 is 1.41 bits per heavy atom. The first-order valence-electron chi connectivity index (χ1n) is 7.19. The van der Waals surface area contributed by atoms with Crippen LogP contribution >= 0.6 is 12.4 Å². The van der Waals surface area contributed by atoms with Crippen molar-refractivity contribution >= 4 is 33.8 Å². The zero-order valence-corrected chi connectivity index (χ0v) is 14.3. The van der Waals surface area contributed by atoms with Crippen molar-refractivity contribution in [2.75, 3.05) is 24.7 Å². The van der Waals surface area contributed by atoms with Gasteiger partial charge in [-0.2, -0.15) is 0 Å². The average molecular weight is 347 g/mol. The molecule has 1 heterocycles. The largest absolute Gasteiger partial charge is 0.326 e. The molecule has 0 spiro atoms. The lowest BCUT2D eigenvalue weighted by Crippen LogP contribution is -2.15. The van der Waals surface area contributed by atoms with Crippen molar-refractivity contribution < 1.29 is 13.2 Å². The summed E-state index contributed by atoms with van der Waals surface area (Å²) in [7, 11) is -3.06. The highest BCUT2D eigenvalue weighted by Crippen LogP contribution is 2.16. The average Bonchev–Trinajstić information content (AvgIpc) is 2.87. The maximum Gasteiger partial charge on any atom is 0.224 e. The smallest absolute Gasteiger partial charge is 0.224 e. The van der Waals surface area contributed by atoms with Crippen molar-refractivity contribution in [2.45, 2.75) is 25.0 Å². The van der Waals surface area contributed by atoms with Crippen LogP contribution in [0.5, 0.6) is 0 Å². The fourth-order valence-corrected chi connectivity index (χ4v) is 3.35. The van der Waals surface area contributed by atoms with Gasteiger partial charge in [0.05, 0.1) is 5.75 Å². The highest BCUT2D eigenvalue weighted by molar-refractivity contribution is 7.89. The van der Waals surface area contributed by atoms with E-state index in [4.69, 9.17) is 0 Å². The van der Waals surface area contributed by atoms with E-state index in [0.29, 0.717) is 23.6 Å². The van der Waals surface area contributed by atoms with Crippen LogP contribution in [-0.2, 0) is 20.4 Å². The standard InChI is InChI=1S/C15H22N2O3S.ClH/c1-21(19,20)11-13-3-2-4-14(9-13)17-15(18)6-5-12-7-8-16-10-12;/h2-4,9,12,16H,5-8,10-11H2,1H3,(H,17,18);1H. The lowest BCUT2D eigenvalue weighted by molar-refractivity contribution is -0.116.